The lowest BCUT2D eigenvalue weighted by Gasteiger charge is -2.25. The topological polar surface area (TPSA) is 20.2 Å². The summed E-state index contributed by atoms with van der Waals surface area (Å²) in [6, 6.07) is 0. The molecular formula is C9H20OS. The molecule has 0 aliphatic rings. The predicted molar refractivity (Wildman–Crippen MR) is 53.1 cm³/mol. The van der Waals surface area contributed by atoms with Gasteiger partial charge in [-0.25, -0.2) is 0 Å². The molecule has 0 aromatic heterocycles. The van der Waals surface area contributed by atoms with Gasteiger partial charge in [0.2, 0.25) is 0 Å². The van der Waals surface area contributed by atoms with Gasteiger partial charge >= 0.3 is 0 Å². The van der Waals surface area contributed by atoms with Crippen molar-refractivity contribution in [2.24, 2.45) is 5.41 Å². The first-order valence-electron chi connectivity index (χ1n) is 4.28. The molecule has 0 fully saturated rings. The molecular weight excluding hydrogens is 156 g/mol. The molecule has 0 aliphatic carbocycles. The Morgan fingerprint density at radius 2 is 2.09 bits per heavy atom. The molecule has 0 aromatic rings. The molecule has 0 amide bonds. The zero-order valence-corrected chi connectivity index (χ0v) is 8.71. The summed E-state index contributed by atoms with van der Waals surface area (Å²) in [6.07, 6.45) is 5.59. The van der Waals surface area contributed by atoms with Crippen LogP contribution in [0.15, 0.2) is 0 Å². The van der Waals surface area contributed by atoms with Gasteiger partial charge in [-0.2, -0.15) is 11.8 Å². The lowest BCUT2D eigenvalue weighted by Crippen LogP contribution is -2.20. The zero-order chi connectivity index (χ0) is 8.74. The molecule has 0 rings (SSSR count). The summed E-state index contributed by atoms with van der Waals surface area (Å²) in [4.78, 5) is 0. The lowest BCUT2D eigenvalue weighted by molar-refractivity contribution is 0.128. The highest BCUT2D eigenvalue weighted by molar-refractivity contribution is 7.98. The number of hydrogen-bond donors (Lipinski definition) is 1. The van der Waals surface area contributed by atoms with Crippen molar-refractivity contribution in [1.82, 2.24) is 0 Å². The standard InChI is InChI=1S/C9H20OS/c1-4-9(2,8-10)6-5-7-11-3/h10H,4-8H2,1-3H3. The first-order valence-corrected chi connectivity index (χ1v) is 5.67. The third-order valence-corrected chi connectivity index (χ3v) is 3.06. The highest BCUT2D eigenvalue weighted by Crippen LogP contribution is 2.26. The van der Waals surface area contributed by atoms with Crippen molar-refractivity contribution in [2.45, 2.75) is 33.1 Å². The molecule has 1 atom stereocenters. The summed E-state index contributed by atoms with van der Waals surface area (Å²) >= 11 is 1.88. The van der Waals surface area contributed by atoms with Crippen LogP contribution in [0.2, 0.25) is 0 Å². The molecule has 0 saturated carbocycles. The van der Waals surface area contributed by atoms with E-state index >= 15 is 0 Å². The number of aliphatic hydroxyl groups is 1. The van der Waals surface area contributed by atoms with Crippen molar-refractivity contribution in [3.05, 3.63) is 0 Å². The van der Waals surface area contributed by atoms with Crippen molar-refractivity contribution in [1.29, 1.82) is 0 Å². The van der Waals surface area contributed by atoms with E-state index in [1.807, 2.05) is 11.8 Å². The van der Waals surface area contributed by atoms with Gasteiger partial charge < -0.3 is 5.11 Å². The van der Waals surface area contributed by atoms with Crippen LogP contribution in [0.25, 0.3) is 0 Å². The van der Waals surface area contributed by atoms with Crippen LogP contribution in [0.3, 0.4) is 0 Å². The highest BCUT2D eigenvalue weighted by atomic mass is 32.2. The third kappa shape index (κ3) is 4.70. The SMILES string of the molecule is CCC(C)(CO)CCCSC. The van der Waals surface area contributed by atoms with Crippen LogP contribution < -0.4 is 0 Å². The predicted octanol–water partition coefficient (Wildman–Crippen LogP) is 2.54. The van der Waals surface area contributed by atoms with Gasteiger partial charge in [0.05, 0.1) is 0 Å². The molecule has 68 valence electrons. The second-order valence-electron chi connectivity index (χ2n) is 3.42. The zero-order valence-electron chi connectivity index (χ0n) is 7.89. The number of rotatable bonds is 6. The van der Waals surface area contributed by atoms with Crippen LogP contribution in [0.4, 0.5) is 0 Å². The highest BCUT2D eigenvalue weighted by Gasteiger charge is 2.19. The van der Waals surface area contributed by atoms with Crippen molar-refractivity contribution < 1.29 is 5.11 Å². The molecule has 0 radical (unpaired) electrons. The molecule has 11 heavy (non-hydrogen) atoms. The average molecular weight is 176 g/mol. The molecule has 1 nitrogen and oxygen atoms in total. The Morgan fingerprint density at radius 3 is 2.45 bits per heavy atom. The normalized spacial score (nSPS) is 16.4. The third-order valence-electron chi connectivity index (χ3n) is 2.36. The Kier molecular flexibility index (Phi) is 6.06. The Hall–Kier alpha value is 0.310. The van der Waals surface area contributed by atoms with Gasteiger partial charge in [0.15, 0.2) is 0 Å². The van der Waals surface area contributed by atoms with Gasteiger partial charge in [-0.1, -0.05) is 13.8 Å². The van der Waals surface area contributed by atoms with E-state index in [4.69, 9.17) is 5.11 Å². The second-order valence-corrected chi connectivity index (χ2v) is 4.40. The van der Waals surface area contributed by atoms with Crippen molar-refractivity contribution >= 4 is 11.8 Å². The van der Waals surface area contributed by atoms with Gasteiger partial charge in [-0.15, -0.1) is 0 Å². The van der Waals surface area contributed by atoms with Crippen molar-refractivity contribution in [2.75, 3.05) is 18.6 Å². The molecule has 1 unspecified atom stereocenters. The van der Waals surface area contributed by atoms with Crippen molar-refractivity contribution in [3.8, 4) is 0 Å². The molecule has 0 saturated heterocycles. The summed E-state index contributed by atoms with van der Waals surface area (Å²) in [7, 11) is 0. The Morgan fingerprint density at radius 1 is 1.45 bits per heavy atom. The minimum atomic E-state index is 0.176. The van der Waals surface area contributed by atoms with Crippen LogP contribution >= 0.6 is 11.8 Å². The number of hydrogen-bond acceptors (Lipinski definition) is 2. The first kappa shape index (κ1) is 11.3. The van der Waals surface area contributed by atoms with Crippen molar-refractivity contribution in [3.63, 3.8) is 0 Å². The molecule has 1 N–H and O–H groups in total. The van der Waals surface area contributed by atoms with E-state index in [1.165, 1.54) is 12.2 Å². The first-order chi connectivity index (χ1) is 5.18. The quantitative estimate of drug-likeness (QED) is 0.628. The van der Waals surface area contributed by atoms with E-state index in [1.54, 1.807) is 0 Å². The fraction of sp³-hybridized carbons (Fsp3) is 1.00. The van der Waals surface area contributed by atoms with Gasteiger partial charge in [-0.05, 0) is 36.7 Å². The summed E-state index contributed by atoms with van der Waals surface area (Å²) in [5, 5.41) is 9.08. The second kappa shape index (κ2) is 5.90. The molecule has 0 spiro atoms. The van der Waals surface area contributed by atoms with Gasteiger partial charge in [-0.3, -0.25) is 0 Å². The maximum Gasteiger partial charge on any atom is 0.0484 e. The summed E-state index contributed by atoms with van der Waals surface area (Å²) in [6.45, 7) is 4.64. The van der Waals surface area contributed by atoms with E-state index in [-0.39, 0.29) is 5.41 Å². The van der Waals surface area contributed by atoms with E-state index in [0.717, 1.165) is 12.8 Å². The van der Waals surface area contributed by atoms with E-state index in [0.29, 0.717) is 6.61 Å². The summed E-state index contributed by atoms with van der Waals surface area (Å²) in [5.74, 6) is 1.22. The number of aliphatic hydroxyl groups excluding tert-OH is 1. The molecule has 0 aliphatic heterocycles. The van der Waals surface area contributed by atoms with Crippen LogP contribution in [0.1, 0.15) is 33.1 Å². The Bertz CT molecular complexity index is 89.6. The minimum absolute atomic E-state index is 0.176. The smallest absolute Gasteiger partial charge is 0.0484 e. The average Bonchev–Trinajstić information content (AvgIpc) is 2.05. The fourth-order valence-corrected chi connectivity index (χ4v) is 1.44. The van der Waals surface area contributed by atoms with E-state index < -0.39 is 0 Å². The van der Waals surface area contributed by atoms with Gasteiger partial charge in [0, 0.05) is 6.61 Å². The molecule has 0 bridgehead atoms. The maximum atomic E-state index is 9.08. The summed E-state index contributed by atoms with van der Waals surface area (Å²) in [5.41, 5.74) is 0.176. The maximum absolute atomic E-state index is 9.08. The molecule has 0 heterocycles. The lowest BCUT2D eigenvalue weighted by atomic mass is 9.84. The van der Waals surface area contributed by atoms with E-state index in [9.17, 15) is 0 Å². The summed E-state index contributed by atoms with van der Waals surface area (Å²) < 4.78 is 0. The number of thioether (sulfide) groups is 1. The van der Waals surface area contributed by atoms with Crippen LogP contribution in [0, 0.1) is 5.41 Å². The van der Waals surface area contributed by atoms with E-state index in [2.05, 4.69) is 20.1 Å². The Balaban J connectivity index is 3.51. The Labute approximate surface area is 74.6 Å². The fourth-order valence-electron chi connectivity index (χ4n) is 1.01. The van der Waals surface area contributed by atoms with Crippen LogP contribution in [-0.4, -0.2) is 23.7 Å². The van der Waals surface area contributed by atoms with Gasteiger partial charge in [0.1, 0.15) is 0 Å². The monoisotopic (exact) mass is 176 g/mol. The van der Waals surface area contributed by atoms with Crippen LogP contribution in [0.5, 0.6) is 0 Å². The molecule has 2 heteroatoms. The minimum Gasteiger partial charge on any atom is -0.396 e. The van der Waals surface area contributed by atoms with Crippen LogP contribution in [-0.2, 0) is 0 Å². The largest absolute Gasteiger partial charge is 0.396 e. The molecule has 0 aromatic carbocycles. The van der Waals surface area contributed by atoms with Gasteiger partial charge in [0.25, 0.3) is 0 Å².